The molecule has 1 aromatic carbocycles. The Labute approximate surface area is 144 Å². The normalized spacial score (nSPS) is 17.6. The zero-order valence-electron chi connectivity index (χ0n) is 11.8. The van der Waals surface area contributed by atoms with Gasteiger partial charge in [-0.25, -0.2) is 4.98 Å². The fourth-order valence-corrected chi connectivity index (χ4v) is 3.49. The van der Waals surface area contributed by atoms with E-state index in [0.29, 0.717) is 10.7 Å². The molecule has 1 fully saturated rings. The molecule has 118 valence electrons. The van der Waals surface area contributed by atoms with E-state index in [0.717, 1.165) is 36.5 Å². The fraction of sp³-hybridized carbons (Fsp3) is 0.333. The lowest BCUT2D eigenvalue weighted by molar-refractivity contribution is 0.0926. The van der Waals surface area contributed by atoms with Crippen LogP contribution in [-0.2, 0) is 0 Å². The van der Waals surface area contributed by atoms with Gasteiger partial charge in [0.2, 0.25) is 0 Å². The molecule has 1 saturated heterocycles. The van der Waals surface area contributed by atoms with E-state index in [2.05, 4.69) is 15.6 Å². The van der Waals surface area contributed by atoms with E-state index in [1.165, 1.54) is 11.3 Å². The summed E-state index contributed by atoms with van der Waals surface area (Å²) >= 11 is 7.60. The third kappa shape index (κ3) is 3.98. The average Bonchev–Trinajstić information content (AvgIpc) is 2.98. The zero-order chi connectivity index (χ0) is 14.7. The van der Waals surface area contributed by atoms with E-state index in [9.17, 15) is 4.79 Å². The molecule has 1 unspecified atom stereocenters. The summed E-state index contributed by atoms with van der Waals surface area (Å²) in [5.74, 6) is -0.113. The summed E-state index contributed by atoms with van der Waals surface area (Å²) in [4.78, 5) is 16.6. The molecule has 0 radical (unpaired) electrons. The van der Waals surface area contributed by atoms with Crippen LogP contribution in [0.15, 0.2) is 29.6 Å². The van der Waals surface area contributed by atoms with Gasteiger partial charge < -0.3 is 10.6 Å². The molecular formula is C15H17Cl2N3OS. The predicted molar refractivity (Wildman–Crippen MR) is 93.2 cm³/mol. The summed E-state index contributed by atoms with van der Waals surface area (Å²) in [5.41, 5.74) is 1.32. The first-order valence-corrected chi connectivity index (χ1v) is 8.22. The topological polar surface area (TPSA) is 54.0 Å². The number of aromatic nitrogens is 1. The molecule has 1 amide bonds. The number of hydrogen-bond acceptors (Lipinski definition) is 4. The van der Waals surface area contributed by atoms with Crippen LogP contribution >= 0.6 is 35.3 Å². The predicted octanol–water partition coefficient (Wildman–Crippen LogP) is 3.37. The maximum absolute atomic E-state index is 12.2. The van der Waals surface area contributed by atoms with E-state index in [4.69, 9.17) is 11.6 Å². The first-order chi connectivity index (χ1) is 10.2. The highest BCUT2D eigenvalue weighted by molar-refractivity contribution is 7.13. The van der Waals surface area contributed by atoms with E-state index in [1.54, 1.807) is 5.38 Å². The summed E-state index contributed by atoms with van der Waals surface area (Å²) in [7, 11) is 0. The zero-order valence-corrected chi connectivity index (χ0v) is 14.2. The van der Waals surface area contributed by atoms with Crippen LogP contribution in [0, 0.1) is 0 Å². The van der Waals surface area contributed by atoms with E-state index < -0.39 is 0 Å². The van der Waals surface area contributed by atoms with Crippen molar-refractivity contribution in [3.63, 3.8) is 0 Å². The number of carbonyl (C=O) groups excluding carboxylic acids is 1. The van der Waals surface area contributed by atoms with Gasteiger partial charge >= 0.3 is 0 Å². The van der Waals surface area contributed by atoms with Gasteiger partial charge in [-0.3, -0.25) is 4.79 Å². The Morgan fingerprint density at radius 1 is 1.41 bits per heavy atom. The molecule has 0 spiro atoms. The van der Waals surface area contributed by atoms with Gasteiger partial charge in [-0.2, -0.15) is 0 Å². The van der Waals surface area contributed by atoms with Crippen molar-refractivity contribution in [1.29, 1.82) is 0 Å². The monoisotopic (exact) mass is 357 g/mol. The van der Waals surface area contributed by atoms with Crippen molar-refractivity contribution in [2.75, 3.05) is 13.1 Å². The number of piperidine rings is 1. The summed E-state index contributed by atoms with van der Waals surface area (Å²) in [5, 5.41) is 9.51. The fourth-order valence-electron chi connectivity index (χ4n) is 2.37. The molecule has 22 heavy (non-hydrogen) atoms. The van der Waals surface area contributed by atoms with Gasteiger partial charge in [-0.05, 0) is 25.5 Å². The van der Waals surface area contributed by atoms with Crippen LogP contribution in [0.2, 0.25) is 5.02 Å². The highest BCUT2D eigenvalue weighted by Gasteiger charge is 2.18. The Morgan fingerprint density at radius 3 is 2.95 bits per heavy atom. The van der Waals surface area contributed by atoms with Crippen molar-refractivity contribution in [3.8, 4) is 10.6 Å². The molecule has 0 bridgehead atoms. The van der Waals surface area contributed by atoms with Gasteiger partial charge in [-0.1, -0.05) is 29.8 Å². The smallest absolute Gasteiger partial charge is 0.271 e. The Morgan fingerprint density at radius 2 is 2.23 bits per heavy atom. The second-order valence-corrected chi connectivity index (χ2v) is 6.30. The van der Waals surface area contributed by atoms with Crippen LogP contribution in [-0.4, -0.2) is 30.0 Å². The molecule has 0 aliphatic carbocycles. The molecule has 4 nitrogen and oxygen atoms in total. The standard InChI is InChI=1S/C15H16ClN3OS.ClH/c16-12-6-2-1-5-11(12)15-19-13(9-21-15)14(20)18-10-4-3-7-17-8-10;/h1-2,5-6,9-10,17H,3-4,7-8H2,(H,18,20);1H. The molecule has 2 aromatic rings. The Kier molecular flexibility index (Phi) is 6.20. The maximum atomic E-state index is 12.2. The summed E-state index contributed by atoms with van der Waals surface area (Å²) in [6.45, 7) is 1.85. The first-order valence-electron chi connectivity index (χ1n) is 6.96. The van der Waals surface area contributed by atoms with Crippen LogP contribution in [0.1, 0.15) is 23.3 Å². The molecule has 1 aromatic heterocycles. The van der Waals surface area contributed by atoms with Crippen LogP contribution in [0.4, 0.5) is 0 Å². The van der Waals surface area contributed by atoms with Gasteiger partial charge in [0.1, 0.15) is 10.7 Å². The van der Waals surface area contributed by atoms with Crippen molar-refractivity contribution in [3.05, 3.63) is 40.4 Å². The molecule has 3 rings (SSSR count). The number of carbonyl (C=O) groups is 1. The Bertz CT molecular complexity index is 641. The lowest BCUT2D eigenvalue weighted by Gasteiger charge is -2.23. The maximum Gasteiger partial charge on any atom is 0.271 e. The molecule has 0 saturated carbocycles. The van der Waals surface area contributed by atoms with Crippen molar-refractivity contribution < 1.29 is 4.79 Å². The number of amides is 1. The molecule has 2 N–H and O–H groups in total. The van der Waals surface area contributed by atoms with E-state index in [1.807, 2.05) is 24.3 Å². The van der Waals surface area contributed by atoms with Gasteiger partial charge in [0.25, 0.3) is 5.91 Å². The second kappa shape index (κ2) is 7.92. The second-order valence-electron chi connectivity index (χ2n) is 5.03. The SMILES string of the molecule is Cl.O=C(NC1CCCNC1)c1csc(-c2ccccc2Cl)n1. The van der Waals surface area contributed by atoms with Gasteiger partial charge in [-0.15, -0.1) is 23.7 Å². The molecule has 1 atom stereocenters. The summed E-state index contributed by atoms with van der Waals surface area (Å²) < 4.78 is 0. The summed E-state index contributed by atoms with van der Waals surface area (Å²) in [6, 6.07) is 7.72. The van der Waals surface area contributed by atoms with Crippen molar-refractivity contribution in [2.24, 2.45) is 0 Å². The molecule has 2 heterocycles. The molecular weight excluding hydrogens is 341 g/mol. The minimum absolute atomic E-state index is 0. The molecule has 7 heteroatoms. The van der Waals surface area contributed by atoms with Crippen LogP contribution in [0.5, 0.6) is 0 Å². The lowest BCUT2D eigenvalue weighted by atomic mass is 10.1. The number of benzene rings is 1. The summed E-state index contributed by atoms with van der Waals surface area (Å²) in [6.07, 6.45) is 2.10. The van der Waals surface area contributed by atoms with Crippen LogP contribution in [0.25, 0.3) is 10.6 Å². The largest absolute Gasteiger partial charge is 0.347 e. The highest BCUT2D eigenvalue weighted by Crippen LogP contribution is 2.30. The minimum Gasteiger partial charge on any atom is -0.347 e. The lowest BCUT2D eigenvalue weighted by Crippen LogP contribution is -2.45. The van der Waals surface area contributed by atoms with Gasteiger partial charge in [0.05, 0.1) is 5.02 Å². The quantitative estimate of drug-likeness (QED) is 0.885. The van der Waals surface area contributed by atoms with E-state index in [-0.39, 0.29) is 24.4 Å². The van der Waals surface area contributed by atoms with Crippen molar-refractivity contribution >= 4 is 41.3 Å². The van der Waals surface area contributed by atoms with Crippen molar-refractivity contribution in [1.82, 2.24) is 15.6 Å². The minimum atomic E-state index is -0.113. The van der Waals surface area contributed by atoms with Crippen LogP contribution < -0.4 is 10.6 Å². The molecule has 1 aliphatic heterocycles. The number of hydrogen-bond donors (Lipinski definition) is 2. The van der Waals surface area contributed by atoms with Crippen molar-refractivity contribution in [2.45, 2.75) is 18.9 Å². The van der Waals surface area contributed by atoms with Gasteiger partial charge in [0, 0.05) is 23.5 Å². The molecule has 1 aliphatic rings. The first kappa shape index (κ1) is 17.2. The average molecular weight is 358 g/mol. The van der Waals surface area contributed by atoms with E-state index >= 15 is 0 Å². The van der Waals surface area contributed by atoms with Gasteiger partial charge in [0.15, 0.2) is 0 Å². The number of nitrogens with one attached hydrogen (secondary N) is 2. The third-order valence-electron chi connectivity index (χ3n) is 3.47. The number of rotatable bonds is 3. The number of halogens is 2. The van der Waals surface area contributed by atoms with Crippen LogP contribution in [0.3, 0.4) is 0 Å². The highest BCUT2D eigenvalue weighted by atomic mass is 35.5. The Balaban J connectivity index is 0.00000176. The Hall–Kier alpha value is -1.14. The number of nitrogens with zero attached hydrogens (tertiary/aromatic N) is 1. The third-order valence-corrected chi connectivity index (χ3v) is 4.68. The number of thiazole rings is 1.